The Morgan fingerprint density at radius 2 is 2.00 bits per heavy atom. The molecule has 1 amide bonds. The van der Waals surface area contributed by atoms with Gasteiger partial charge in [-0.25, -0.2) is 17.9 Å². The Kier molecular flexibility index (Phi) is 5.91. The molecule has 0 spiro atoms. The van der Waals surface area contributed by atoms with Crippen molar-refractivity contribution in [1.82, 2.24) is 14.6 Å². The van der Waals surface area contributed by atoms with Crippen LogP contribution in [0, 0.1) is 0 Å². The predicted molar refractivity (Wildman–Crippen MR) is 75.6 cm³/mol. The zero-order valence-electron chi connectivity index (χ0n) is 11.9. The minimum Gasteiger partial charge on any atom is -0.477 e. The maximum Gasteiger partial charge on any atom is 0.352 e. The Bertz CT molecular complexity index is 621. The number of carboxylic acid groups (broad SMARTS) is 1. The lowest BCUT2D eigenvalue weighted by molar-refractivity contribution is -0.119. The second kappa shape index (κ2) is 7.23. The van der Waals surface area contributed by atoms with E-state index in [1.807, 2.05) is 6.92 Å². The summed E-state index contributed by atoms with van der Waals surface area (Å²) in [4.78, 5) is 22.2. The van der Waals surface area contributed by atoms with E-state index in [9.17, 15) is 18.0 Å². The molecule has 0 aliphatic heterocycles. The Hall–Kier alpha value is -1.87. The minimum absolute atomic E-state index is 0.102. The maximum atomic E-state index is 12.0. The number of nitrogens with one attached hydrogen (secondary N) is 2. The molecule has 0 unspecified atom stereocenters. The van der Waals surface area contributed by atoms with Gasteiger partial charge in [0.1, 0.15) is 10.6 Å². The van der Waals surface area contributed by atoms with E-state index in [0.717, 1.165) is 6.07 Å². The highest BCUT2D eigenvalue weighted by molar-refractivity contribution is 7.89. The van der Waals surface area contributed by atoms with Gasteiger partial charge in [-0.3, -0.25) is 4.79 Å². The molecule has 21 heavy (non-hydrogen) atoms. The third-order valence-electron chi connectivity index (χ3n) is 2.66. The van der Waals surface area contributed by atoms with Crippen LogP contribution < -0.4 is 10.0 Å². The van der Waals surface area contributed by atoms with Crippen LogP contribution in [0.3, 0.4) is 0 Å². The van der Waals surface area contributed by atoms with Crippen LogP contribution in [0.4, 0.5) is 0 Å². The van der Waals surface area contributed by atoms with Crippen LogP contribution >= 0.6 is 0 Å². The number of carbonyl (C=O) groups excluding carboxylic acids is 1. The van der Waals surface area contributed by atoms with Crippen LogP contribution in [0.2, 0.25) is 0 Å². The third kappa shape index (κ3) is 4.57. The fraction of sp³-hybridized carbons (Fsp3) is 0.500. The van der Waals surface area contributed by atoms with Crippen LogP contribution in [-0.4, -0.2) is 43.1 Å². The van der Waals surface area contributed by atoms with Gasteiger partial charge < -0.3 is 15.0 Å². The molecule has 8 nitrogen and oxygen atoms in total. The lowest BCUT2D eigenvalue weighted by atomic mass is 10.4. The molecule has 0 bridgehead atoms. The molecule has 0 atom stereocenters. The highest BCUT2D eigenvalue weighted by Crippen LogP contribution is 2.15. The SMILES string of the molecule is CCCn1cc(S(=O)(=O)NCC(=O)NCC)cc1C(=O)O. The number of carboxylic acids is 1. The van der Waals surface area contributed by atoms with Gasteiger partial charge in [0.05, 0.1) is 6.54 Å². The van der Waals surface area contributed by atoms with Crippen LogP contribution in [0.15, 0.2) is 17.2 Å². The minimum atomic E-state index is -3.92. The monoisotopic (exact) mass is 317 g/mol. The fourth-order valence-electron chi connectivity index (χ4n) is 1.74. The van der Waals surface area contributed by atoms with Gasteiger partial charge >= 0.3 is 5.97 Å². The van der Waals surface area contributed by atoms with Crippen molar-refractivity contribution in [2.75, 3.05) is 13.1 Å². The number of hydrogen-bond donors (Lipinski definition) is 3. The Labute approximate surface area is 123 Å². The normalized spacial score (nSPS) is 11.3. The standard InChI is InChI=1S/C12H19N3O5S/c1-3-5-15-8-9(6-10(15)12(17)18)21(19,20)14-7-11(16)13-4-2/h6,8,14H,3-5,7H2,1-2H3,(H,13,16)(H,17,18). The van der Waals surface area contributed by atoms with E-state index in [4.69, 9.17) is 5.11 Å². The van der Waals surface area contributed by atoms with Crippen molar-refractivity contribution in [3.63, 3.8) is 0 Å². The number of sulfonamides is 1. The van der Waals surface area contributed by atoms with Crippen molar-refractivity contribution < 1.29 is 23.1 Å². The number of aromatic nitrogens is 1. The quantitative estimate of drug-likeness (QED) is 0.624. The van der Waals surface area contributed by atoms with Crippen LogP contribution in [-0.2, 0) is 21.4 Å². The van der Waals surface area contributed by atoms with Crippen molar-refractivity contribution in [2.24, 2.45) is 0 Å². The van der Waals surface area contributed by atoms with Gasteiger partial charge in [0.2, 0.25) is 15.9 Å². The number of nitrogens with zero attached hydrogens (tertiary/aromatic N) is 1. The smallest absolute Gasteiger partial charge is 0.352 e. The van der Waals surface area contributed by atoms with E-state index < -0.39 is 28.4 Å². The van der Waals surface area contributed by atoms with Gasteiger partial charge in [0.15, 0.2) is 0 Å². The largest absolute Gasteiger partial charge is 0.477 e. The second-order valence-electron chi connectivity index (χ2n) is 4.34. The first-order valence-electron chi connectivity index (χ1n) is 6.51. The molecule has 1 aromatic heterocycles. The van der Waals surface area contributed by atoms with Crippen molar-refractivity contribution in [3.8, 4) is 0 Å². The average Bonchev–Trinajstić information content (AvgIpc) is 2.82. The van der Waals surface area contributed by atoms with Crippen molar-refractivity contribution in [1.29, 1.82) is 0 Å². The molecular formula is C12H19N3O5S. The maximum absolute atomic E-state index is 12.0. The van der Waals surface area contributed by atoms with Gasteiger partial charge in [0, 0.05) is 19.3 Å². The summed E-state index contributed by atoms with van der Waals surface area (Å²) in [5, 5.41) is 11.5. The topological polar surface area (TPSA) is 118 Å². The van der Waals surface area contributed by atoms with Gasteiger partial charge in [-0.1, -0.05) is 6.92 Å². The van der Waals surface area contributed by atoms with Crippen molar-refractivity contribution in [3.05, 3.63) is 18.0 Å². The van der Waals surface area contributed by atoms with Gasteiger partial charge in [-0.2, -0.15) is 0 Å². The number of amides is 1. The number of aryl methyl sites for hydroxylation is 1. The molecule has 0 saturated heterocycles. The summed E-state index contributed by atoms with van der Waals surface area (Å²) in [6.07, 6.45) is 1.92. The van der Waals surface area contributed by atoms with E-state index >= 15 is 0 Å². The number of hydrogen-bond acceptors (Lipinski definition) is 4. The van der Waals surface area contributed by atoms with Gasteiger partial charge in [-0.15, -0.1) is 0 Å². The summed E-state index contributed by atoms with van der Waals surface area (Å²) in [5.74, 6) is -1.65. The summed E-state index contributed by atoms with van der Waals surface area (Å²) in [6, 6.07) is 1.08. The zero-order valence-corrected chi connectivity index (χ0v) is 12.7. The summed E-state index contributed by atoms with van der Waals surface area (Å²) in [6.45, 7) is 3.98. The summed E-state index contributed by atoms with van der Waals surface area (Å²) in [7, 11) is -3.92. The molecule has 0 saturated carbocycles. The third-order valence-corrected chi connectivity index (χ3v) is 4.03. The molecule has 9 heteroatoms. The van der Waals surface area contributed by atoms with Gasteiger partial charge in [0.25, 0.3) is 0 Å². The first-order chi connectivity index (χ1) is 9.81. The van der Waals surface area contributed by atoms with Crippen molar-refractivity contribution in [2.45, 2.75) is 31.7 Å². The fourth-order valence-corrected chi connectivity index (χ4v) is 2.76. The van der Waals surface area contributed by atoms with E-state index in [0.29, 0.717) is 19.5 Å². The first kappa shape index (κ1) is 17.2. The molecule has 0 aliphatic rings. The van der Waals surface area contributed by atoms with Crippen LogP contribution in [0.1, 0.15) is 30.8 Å². The number of carbonyl (C=O) groups is 2. The van der Waals surface area contributed by atoms with Crippen molar-refractivity contribution >= 4 is 21.9 Å². The van der Waals surface area contributed by atoms with E-state index in [-0.39, 0.29) is 10.6 Å². The summed E-state index contributed by atoms with van der Waals surface area (Å²) in [5.41, 5.74) is -0.102. The average molecular weight is 317 g/mol. The van der Waals surface area contributed by atoms with Gasteiger partial charge in [-0.05, 0) is 19.4 Å². The molecule has 1 heterocycles. The molecular weight excluding hydrogens is 298 g/mol. The Balaban J connectivity index is 2.95. The molecule has 0 aromatic carbocycles. The molecule has 1 rings (SSSR count). The lowest BCUT2D eigenvalue weighted by Crippen LogP contribution is -2.36. The molecule has 118 valence electrons. The number of rotatable bonds is 8. The lowest BCUT2D eigenvalue weighted by Gasteiger charge is -2.05. The molecule has 0 fully saturated rings. The van der Waals surface area contributed by atoms with E-state index in [1.54, 1.807) is 6.92 Å². The Morgan fingerprint density at radius 3 is 2.52 bits per heavy atom. The first-order valence-corrected chi connectivity index (χ1v) is 8.00. The molecule has 0 radical (unpaired) electrons. The van der Waals surface area contributed by atoms with E-state index in [2.05, 4.69) is 10.0 Å². The molecule has 3 N–H and O–H groups in total. The predicted octanol–water partition coefficient (Wildman–Crippen LogP) is 0.0107. The molecule has 1 aromatic rings. The number of aromatic carboxylic acids is 1. The Morgan fingerprint density at radius 1 is 1.33 bits per heavy atom. The van der Waals surface area contributed by atoms with Crippen LogP contribution in [0.5, 0.6) is 0 Å². The van der Waals surface area contributed by atoms with E-state index in [1.165, 1.54) is 10.8 Å². The highest BCUT2D eigenvalue weighted by atomic mass is 32.2. The zero-order chi connectivity index (χ0) is 16.0. The molecule has 0 aliphatic carbocycles. The summed E-state index contributed by atoms with van der Waals surface area (Å²) >= 11 is 0. The summed E-state index contributed by atoms with van der Waals surface area (Å²) < 4.78 is 27.6. The van der Waals surface area contributed by atoms with Crippen LogP contribution in [0.25, 0.3) is 0 Å². The second-order valence-corrected chi connectivity index (χ2v) is 6.10. The number of likely N-dealkylation sites (N-methyl/N-ethyl adjacent to an activating group) is 1. The highest BCUT2D eigenvalue weighted by Gasteiger charge is 2.21.